The van der Waals surface area contributed by atoms with Crippen LogP contribution < -0.4 is 68.9 Å². The molecular formula is C5H9Na2O5P. The molecule has 0 aliphatic rings. The van der Waals surface area contributed by atoms with Crippen molar-refractivity contribution < 1.29 is 83.0 Å². The number of rotatable bonds is 4. The van der Waals surface area contributed by atoms with Gasteiger partial charge in [0.1, 0.15) is 0 Å². The molecule has 0 saturated carbocycles. The van der Waals surface area contributed by atoms with E-state index in [0.29, 0.717) is 6.42 Å². The van der Waals surface area contributed by atoms with Gasteiger partial charge in [-0.15, -0.1) is 0 Å². The van der Waals surface area contributed by atoms with Gasteiger partial charge < -0.3 is 19.1 Å². The van der Waals surface area contributed by atoms with E-state index in [2.05, 4.69) is 4.74 Å². The van der Waals surface area contributed by atoms with Crippen molar-refractivity contribution >= 4 is 13.3 Å². The van der Waals surface area contributed by atoms with Crippen molar-refractivity contribution in [2.24, 2.45) is 0 Å². The van der Waals surface area contributed by atoms with Gasteiger partial charge in [-0.05, 0) is 6.42 Å². The van der Waals surface area contributed by atoms with Gasteiger partial charge in [0.15, 0.2) is 0 Å². The number of hydrogen-bond acceptors (Lipinski definition) is 5. The van der Waals surface area contributed by atoms with Crippen LogP contribution in [0.2, 0.25) is 0 Å². The normalized spacial score (nSPS) is 9.46. The quantitative estimate of drug-likeness (QED) is 0.270. The summed E-state index contributed by atoms with van der Waals surface area (Å²) in [5, 5.41) is 0. The van der Waals surface area contributed by atoms with Crippen LogP contribution in [-0.2, 0) is 9.30 Å². The first kappa shape index (κ1) is 20.1. The zero-order valence-corrected chi connectivity index (χ0v) is 13.0. The second-order valence-corrected chi connectivity index (χ2v) is 3.33. The minimum atomic E-state index is -5.16. The molecule has 5 nitrogen and oxygen atoms in total. The van der Waals surface area contributed by atoms with Crippen LogP contribution in [0.4, 0.5) is 4.79 Å². The summed E-state index contributed by atoms with van der Waals surface area (Å²) in [6, 6.07) is 0. The first-order valence-corrected chi connectivity index (χ1v) is 4.72. The summed E-state index contributed by atoms with van der Waals surface area (Å²) in [6.45, 7) is 1.84. The van der Waals surface area contributed by atoms with Crippen LogP contribution in [0.5, 0.6) is 0 Å². The van der Waals surface area contributed by atoms with E-state index in [1.54, 1.807) is 0 Å². The topological polar surface area (TPSA) is 89.5 Å². The van der Waals surface area contributed by atoms with Crippen LogP contribution in [0.1, 0.15) is 19.8 Å². The molecule has 0 saturated heterocycles. The zero-order valence-electron chi connectivity index (χ0n) is 8.11. The summed E-state index contributed by atoms with van der Waals surface area (Å²) in [5.74, 6) is 0. The molecule has 8 heteroatoms. The molecule has 0 aliphatic heterocycles. The van der Waals surface area contributed by atoms with Crippen molar-refractivity contribution in [3.8, 4) is 0 Å². The van der Waals surface area contributed by atoms with Crippen LogP contribution in [0.25, 0.3) is 0 Å². The van der Waals surface area contributed by atoms with Gasteiger partial charge in [-0.1, -0.05) is 13.3 Å². The summed E-state index contributed by atoms with van der Waals surface area (Å²) >= 11 is 0. The van der Waals surface area contributed by atoms with Crippen molar-refractivity contribution in [1.82, 2.24) is 0 Å². The SMILES string of the molecule is CCCCOC(=O)P(=O)([O-])[O-].[Na+].[Na+]. The number of unbranched alkanes of at least 4 members (excludes halogenated alkanes) is 1. The largest absolute Gasteiger partial charge is 1.00 e. The van der Waals surface area contributed by atoms with Gasteiger partial charge >= 0.3 is 64.8 Å². The van der Waals surface area contributed by atoms with Crippen LogP contribution >= 0.6 is 7.60 Å². The van der Waals surface area contributed by atoms with Crippen molar-refractivity contribution in [3.05, 3.63) is 0 Å². The molecule has 0 aromatic carbocycles. The molecule has 0 bridgehead atoms. The Labute approximate surface area is 121 Å². The molecule has 0 fully saturated rings. The van der Waals surface area contributed by atoms with Crippen molar-refractivity contribution in [2.75, 3.05) is 6.61 Å². The Bertz CT molecular complexity index is 180. The van der Waals surface area contributed by atoms with Crippen molar-refractivity contribution in [3.63, 3.8) is 0 Å². The maximum atomic E-state index is 10.2. The molecule has 66 valence electrons. The summed E-state index contributed by atoms with van der Waals surface area (Å²) in [5.41, 5.74) is -1.66. The fourth-order valence-electron chi connectivity index (χ4n) is 0.383. The third kappa shape index (κ3) is 11.5. The molecule has 0 radical (unpaired) electrons. The van der Waals surface area contributed by atoms with Crippen LogP contribution in [0.3, 0.4) is 0 Å². The minimum Gasteiger partial charge on any atom is -0.803 e. The van der Waals surface area contributed by atoms with Gasteiger partial charge in [0.2, 0.25) is 0 Å². The fraction of sp³-hybridized carbons (Fsp3) is 0.800. The molecule has 0 spiro atoms. The molecule has 0 unspecified atom stereocenters. The number of hydrogen-bond donors (Lipinski definition) is 0. The molecule has 0 heterocycles. The van der Waals surface area contributed by atoms with Gasteiger partial charge in [-0.25, -0.2) is 4.79 Å². The van der Waals surface area contributed by atoms with E-state index in [1.165, 1.54) is 0 Å². The van der Waals surface area contributed by atoms with Gasteiger partial charge in [-0.3, -0.25) is 0 Å². The Kier molecular flexibility index (Phi) is 15.7. The van der Waals surface area contributed by atoms with Gasteiger partial charge in [0.05, 0.1) is 6.61 Å². The molecule has 13 heavy (non-hydrogen) atoms. The maximum Gasteiger partial charge on any atom is 1.00 e. The van der Waals surface area contributed by atoms with E-state index < -0.39 is 13.3 Å². The predicted molar refractivity (Wildman–Crippen MR) is 33.9 cm³/mol. The van der Waals surface area contributed by atoms with E-state index in [4.69, 9.17) is 0 Å². The summed E-state index contributed by atoms with van der Waals surface area (Å²) < 4.78 is 14.0. The van der Waals surface area contributed by atoms with Crippen molar-refractivity contribution in [2.45, 2.75) is 19.8 Å². The Morgan fingerprint density at radius 2 is 1.85 bits per heavy atom. The Morgan fingerprint density at radius 3 is 2.15 bits per heavy atom. The number of carbonyl (C=O) groups excluding carboxylic acids is 1. The second-order valence-electron chi connectivity index (χ2n) is 1.97. The van der Waals surface area contributed by atoms with Crippen LogP contribution in [-0.4, -0.2) is 12.3 Å². The van der Waals surface area contributed by atoms with Crippen LogP contribution in [0.15, 0.2) is 0 Å². The second kappa shape index (κ2) is 10.1. The maximum absolute atomic E-state index is 10.2. The van der Waals surface area contributed by atoms with Gasteiger partial charge in [0.25, 0.3) is 0 Å². The Balaban J connectivity index is -0.000000500. The van der Waals surface area contributed by atoms with E-state index in [0.717, 1.165) is 6.42 Å². The summed E-state index contributed by atoms with van der Waals surface area (Å²) in [7, 11) is -5.16. The fourth-order valence-corrected chi connectivity index (χ4v) is 0.632. The standard InChI is InChI=1S/C5H11O5P.2Na/c1-2-3-4-10-5(6)11(7,8)9;;/h2-4H2,1H3,(H2,7,8,9);;/q;2*+1/p-2. The third-order valence-electron chi connectivity index (χ3n) is 0.947. The molecule has 0 N–H and O–H groups in total. The van der Waals surface area contributed by atoms with Crippen LogP contribution in [0, 0.1) is 0 Å². The first-order chi connectivity index (χ1) is 4.98. The van der Waals surface area contributed by atoms with Gasteiger partial charge in [0, 0.05) is 7.60 Å². The molecule has 0 rings (SSSR count). The molecule has 0 aliphatic carbocycles. The van der Waals surface area contributed by atoms with Crippen molar-refractivity contribution in [1.29, 1.82) is 0 Å². The average Bonchev–Trinajstić information content (AvgIpc) is 1.86. The molecule has 0 aromatic rings. The zero-order chi connectivity index (χ0) is 8.91. The molecule has 0 amide bonds. The van der Waals surface area contributed by atoms with Gasteiger partial charge in [-0.2, -0.15) is 0 Å². The van der Waals surface area contributed by atoms with E-state index in [1.807, 2.05) is 6.92 Å². The molecule has 0 aromatic heterocycles. The first-order valence-electron chi connectivity index (χ1n) is 3.18. The van der Waals surface area contributed by atoms with E-state index in [9.17, 15) is 19.1 Å². The molecule has 0 atom stereocenters. The summed E-state index contributed by atoms with van der Waals surface area (Å²) in [6.07, 6.45) is 1.33. The average molecular weight is 226 g/mol. The van der Waals surface area contributed by atoms with E-state index in [-0.39, 0.29) is 65.7 Å². The smallest absolute Gasteiger partial charge is 0.803 e. The number of ether oxygens (including phenoxy) is 1. The predicted octanol–water partition coefficient (Wildman–Crippen LogP) is -6.16. The molecular weight excluding hydrogens is 217 g/mol. The third-order valence-corrected chi connectivity index (χ3v) is 1.52. The Morgan fingerprint density at radius 1 is 1.38 bits per heavy atom. The van der Waals surface area contributed by atoms with E-state index >= 15 is 0 Å². The Hall–Kier alpha value is 1.62. The minimum absolute atomic E-state index is 0. The monoisotopic (exact) mass is 226 g/mol. The number of carbonyl (C=O) groups is 1. The summed E-state index contributed by atoms with van der Waals surface area (Å²) in [4.78, 5) is 30.1.